The zero-order valence-electron chi connectivity index (χ0n) is 7.17. The largest absolute Gasteiger partial charge is 0.0776 e. The smallest absolute Gasteiger partial charge is 0.00956 e. The summed E-state index contributed by atoms with van der Waals surface area (Å²) in [5, 5.41) is 0. The van der Waals surface area contributed by atoms with E-state index in [0.717, 1.165) is 11.8 Å². The third-order valence-electron chi connectivity index (χ3n) is 2.70. The molecule has 0 heteroatoms. The third-order valence-corrected chi connectivity index (χ3v) is 2.70. The minimum absolute atomic E-state index is 0. The lowest BCUT2D eigenvalue weighted by Gasteiger charge is -2.33. The molecule has 0 saturated heterocycles. The molecule has 0 amide bonds. The molecule has 0 fully saturated rings. The Morgan fingerprint density at radius 3 is 2.50 bits per heavy atom. The van der Waals surface area contributed by atoms with Crippen LogP contribution in [0.3, 0.4) is 0 Å². The molecule has 1 aliphatic carbocycles. The molecule has 12 heavy (non-hydrogen) atoms. The van der Waals surface area contributed by atoms with E-state index in [4.69, 9.17) is 0 Å². The first-order valence-corrected chi connectivity index (χ1v) is 4.37. The molecule has 1 atom stereocenters. The molecule has 66 valence electrons. The van der Waals surface area contributed by atoms with Crippen LogP contribution in [-0.4, -0.2) is 0 Å². The Bertz CT molecular complexity index is 260. The van der Waals surface area contributed by atoms with Gasteiger partial charge in [0.1, 0.15) is 0 Å². The van der Waals surface area contributed by atoms with Crippen LogP contribution in [-0.2, 0) is 6.42 Å². The van der Waals surface area contributed by atoms with E-state index in [2.05, 4.69) is 38.1 Å². The highest BCUT2D eigenvalue weighted by molar-refractivity contribution is 5.40. The van der Waals surface area contributed by atoms with E-state index in [1.807, 2.05) is 0 Å². The Morgan fingerprint density at radius 1 is 1.25 bits per heavy atom. The van der Waals surface area contributed by atoms with Gasteiger partial charge in [-0.15, -0.1) is 0 Å². The number of fused-ring (bicyclic) bond motifs is 1. The topological polar surface area (TPSA) is 0 Å². The summed E-state index contributed by atoms with van der Waals surface area (Å²) in [4.78, 5) is 0. The predicted octanol–water partition coefficient (Wildman–Crippen LogP) is 3.62. The van der Waals surface area contributed by atoms with Gasteiger partial charge < -0.3 is 0 Å². The van der Waals surface area contributed by atoms with Crippen LogP contribution in [0, 0.1) is 5.92 Å². The SMILES string of the molecule is C.CC(C)C1Cc2ccccc21. The first kappa shape index (κ1) is 9.31. The van der Waals surface area contributed by atoms with Crippen molar-refractivity contribution in [2.24, 2.45) is 5.92 Å². The molecule has 0 radical (unpaired) electrons. The van der Waals surface area contributed by atoms with Crippen LogP contribution in [0.25, 0.3) is 0 Å². The molecule has 1 aromatic carbocycles. The van der Waals surface area contributed by atoms with Crippen molar-refractivity contribution < 1.29 is 0 Å². The Hall–Kier alpha value is -0.780. The number of hydrogen-bond donors (Lipinski definition) is 0. The van der Waals surface area contributed by atoms with E-state index >= 15 is 0 Å². The van der Waals surface area contributed by atoms with Gasteiger partial charge in [-0.05, 0) is 29.4 Å². The predicted molar refractivity (Wildman–Crippen MR) is 54.5 cm³/mol. The van der Waals surface area contributed by atoms with Gasteiger partial charge in [-0.25, -0.2) is 0 Å². The normalized spacial score (nSPS) is 19.4. The maximum Gasteiger partial charge on any atom is -0.00956 e. The molecule has 1 aromatic rings. The summed E-state index contributed by atoms with van der Waals surface area (Å²) in [5.74, 6) is 1.65. The fourth-order valence-electron chi connectivity index (χ4n) is 1.89. The van der Waals surface area contributed by atoms with E-state index in [0.29, 0.717) is 0 Å². The zero-order chi connectivity index (χ0) is 7.84. The lowest BCUT2D eigenvalue weighted by molar-refractivity contribution is 0.451. The van der Waals surface area contributed by atoms with Gasteiger partial charge >= 0.3 is 0 Å². The van der Waals surface area contributed by atoms with E-state index in [1.54, 1.807) is 11.1 Å². The summed E-state index contributed by atoms with van der Waals surface area (Å²) in [7, 11) is 0. The molecule has 0 aliphatic heterocycles. The molecule has 0 spiro atoms. The van der Waals surface area contributed by atoms with Gasteiger partial charge in [0.2, 0.25) is 0 Å². The highest BCUT2D eigenvalue weighted by atomic mass is 14.3. The molecular formula is C12H18. The van der Waals surface area contributed by atoms with Gasteiger partial charge in [-0.3, -0.25) is 0 Å². The second-order valence-corrected chi connectivity index (χ2v) is 3.75. The second kappa shape index (κ2) is 3.30. The molecule has 0 aromatic heterocycles. The van der Waals surface area contributed by atoms with Crippen LogP contribution in [0.1, 0.15) is 38.3 Å². The minimum Gasteiger partial charge on any atom is -0.0776 e. The maximum atomic E-state index is 2.31. The van der Waals surface area contributed by atoms with Crippen molar-refractivity contribution in [1.82, 2.24) is 0 Å². The molecule has 0 heterocycles. The summed E-state index contributed by atoms with van der Waals surface area (Å²) in [6.45, 7) is 4.61. The quantitative estimate of drug-likeness (QED) is 0.591. The monoisotopic (exact) mass is 162 g/mol. The molecule has 1 aliphatic rings. The molecule has 0 saturated carbocycles. The van der Waals surface area contributed by atoms with Gasteiger partial charge in [-0.2, -0.15) is 0 Å². The average Bonchev–Trinajstić information content (AvgIpc) is 1.90. The first-order valence-electron chi connectivity index (χ1n) is 4.37. The van der Waals surface area contributed by atoms with Gasteiger partial charge in [0.05, 0.1) is 0 Å². The Kier molecular flexibility index (Phi) is 2.56. The van der Waals surface area contributed by atoms with Crippen LogP contribution in [0.5, 0.6) is 0 Å². The van der Waals surface area contributed by atoms with Crippen molar-refractivity contribution >= 4 is 0 Å². The van der Waals surface area contributed by atoms with Crippen LogP contribution in [0.4, 0.5) is 0 Å². The molecule has 2 rings (SSSR count). The summed E-state index contributed by atoms with van der Waals surface area (Å²) in [6.07, 6.45) is 1.30. The lowest BCUT2D eigenvalue weighted by Crippen LogP contribution is -2.21. The maximum absolute atomic E-state index is 2.31. The summed E-state index contributed by atoms with van der Waals surface area (Å²) >= 11 is 0. The van der Waals surface area contributed by atoms with Crippen LogP contribution in [0.2, 0.25) is 0 Å². The third kappa shape index (κ3) is 1.26. The van der Waals surface area contributed by atoms with E-state index in [1.165, 1.54) is 6.42 Å². The van der Waals surface area contributed by atoms with Crippen LogP contribution >= 0.6 is 0 Å². The van der Waals surface area contributed by atoms with Crippen molar-refractivity contribution in [3.63, 3.8) is 0 Å². The standard InChI is InChI=1S/C11H14.CH4/c1-8(2)11-7-9-5-3-4-6-10(9)11;/h3-6,8,11H,7H2,1-2H3;1H4. The van der Waals surface area contributed by atoms with Gasteiger partial charge in [0.25, 0.3) is 0 Å². The van der Waals surface area contributed by atoms with Crippen molar-refractivity contribution in [2.75, 3.05) is 0 Å². The van der Waals surface area contributed by atoms with Crippen molar-refractivity contribution in [2.45, 2.75) is 33.6 Å². The molecule has 1 unspecified atom stereocenters. The minimum atomic E-state index is 0. The van der Waals surface area contributed by atoms with Gasteiger partial charge in [-0.1, -0.05) is 45.5 Å². The zero-order valence-corrected chi connectivity index (χ0v) is 7.17. The van der Waals surface area contributed by atoms with Crippen molar-refractivity contribution in [1.29, 1.82) is 0 Å². The van der Waals surface area contributed by atoms with E-state index in [-0.39, 0.29) is 7.43 Å². The van der Waals surface area contributed by atoms with Crippen LogP contribution < -0.4 is 0 Å². The molecule has 0 N–H and O–H groups in total. The van der Waals surface area contributed by atoms with Crippen molar-refractivity contribution in [3.05, 3.63) is 35.4 Å². The second-order valence-electron chi connectivity index (χ2n) is 3.75. The van der Waals surface area contributed by atoms with E-state index in [9.17, 15) is 0 Å². The molecular weight excluding hydrogens is 144 g/mol. The summed E-state index contributed by atoms with van der Waals surface area (Å²) in [6, 6.07) is 8.79. The summed E-state index contributed by atoms with van der Waals surface area (Å²) in [5.41, 5.74) is 3.15. The molecule has 0 bridgehead atoms. The van der Waals surface area contributed by atoms with E-state index < -0.39 is 0 Å². The Labute approximate surface area is 75.6 Å². The Balaban J connectivity index is 0.000000720. The summed E-state index contributed by atoms with van der Waals surface area (Å²) < 4.78 is 0. The lowest BCUT2D eigenvalue weighted by atomic mass is 9.72. The average molecular weight is 162 g/mol. The van der Waals surface area contributed by atoms with Crippen LogP contribution in [0.15, 0.2) is 24.3 Å². The number of hydrogen-bond acceptors (Lipinski definition) is 0. The number of rotatable bonds is 1. The highest BCUT2D eigenvalue weighted by Gasteiger charge is 2.27. The fourth-order valence-corrected chi connectivity index (χ4v) is 1.89. The van der Waals surface area contributed by atoms with Crippen molar-refractivity contribution in [3.8, 4) is 0 Å². The van der Waals surface area contributed by atoms with Gasteiger partial charge in [0, 0.05) is 0 Å². The number of benzene rings is 1. The first-order chi connectivity index (χ1) is 5.29. The fraction of sp³-hybridized carbons (Fsp3) is 0.500. The molecule has 0 nitrogen and oxygen atoms in total. The Morgan fingerprint density at radius 2 is 1.92 bits per heavy atom. The van der Waals surface area contributed by atoms with Gasteiger partial charge in [0.15, 0.2) is 0 Å². The highest BCUT2D eigenvalue weighted by Crippen LogP contribution is 2.39.